The summed E-state index contributed by atoms with van der Waals surface area (Å²) in [6, 6.07) is 9.10. The quantitative estimate of drug-likeness (QED) is 0.381. The zero-order valence-corrected chi connectivity index (χ0v) is 20.6. The standard InChI is InChI=1S/C27H21ClF2N6O/c1-3-22(37)36-9-8-35(13-14(36)2)27-15(11-31)12-33-26-18(27)10-19(28)23(24(26)30)17-4-6-20(29)16-5-7-21(32)34-25(16)17/h3-7,10,12,14H,1,8-9,13H2,2H3,(H2,32,34)/t14-/m1/s1. The van der Waals surface area contributed by atoms with Crippen molar-refractivity contribution in [2.75, 3.05) is 30.3 Å². The molecule has 0 spiro atoms. The first-order valence-corrected chi connectivity index (χ1v) is 11.9. The van der Waals surface area contributed by atoms with E-state index in [1.54, 1.807) is 11.0 Å². The van der Waals surface area contributed by atoms with Gasteiger partial charge in [0.1, 0.15) is 23.2 Å². The zero-order chi connectivity index (χ0) is 26.4. The molecular weight excluding hydrogens is 498 g/mol. The second kappa shape index (κ2) is 9.30. The van der Waals surface area contributed by atoms with Crippen LogP contribution in [0.4, 0.5) is 20.3 Å². The van der Waals surface area contributed by atoms with Gasteiger partial charge >= 0.3 is 0 Å². The van der Waals surface area contributed by atoms with E-state index in [4.69, 9.17) is 17.3 Å². The van der Waals surface area contributed by atoms with Gasteiger partial charge in [0.15, 0.2) is 5.82 Å². The number of pyridine rings is 2. The van der Waals surface area contributed by atoms with Crippen LogP contribution in [-0.4, -0.2) is 46.5 Å². The fourth-order valence-corrected chi connectivity index (χ4v) is 5.22. The number of carbonyl (C=O) groups is 1. The Labute approximate surface area is 216 Å². The SMILES string of the molecule is C=CC(=O)N1CCN(c2c(C#N)cnc3c(F)c(-c4ccc(F)c5ccc(N)nc45)c(Cl)cc23)C[C@H]1C. The molecule has 0 unspecified atom stereocenters. The Hall–Kier alpha value is -4.29. The first-order chi connectivity index (χ1) is 17.7. The van der Waals surface area contributed by atoms with E-state index in [0.29, 0.717) is 30.7 Å². The van der Waals surface area contributed by atoms with Gasteiger partial charge in [-0.2, -0.15) is 5.26 Å². The van der Waals surface area contributed by atoms with Crippen molar-refractivity contribution >= 4 is 50.8 Å². The highest BCUT2D eigenvalue weighted by Gasteiger charge is 2.30. The van der Waals surface area contributed by atoms with Crippen molar-refractivity contribution in [3.05, 3.63) is 71.4 Å². The summed E-state index contributed by atoms with van der Waals surface area (Å²) in [7, 11) is 0. The summed E-state index contributed by atoms with van der Waals surface area (Å²) in [6.45, 7) is 6.69. The predicted molar refractivity (Wildman–Crippen MR) is 140 cm³/mol. The molecule has 0 bridgehead atoms. The zero-order valence-electron chi connectivity index (χ0n) is 19.8. The van der Waals surface area contributed by atoms with Crippen LogP contribution >= 0.6 is 11.6 Å². The monoisotopic (exact) mass is 518 g/mol. The third-order valence-electron chi connectivity index (χ3n) is 6.64. The van der Waals surface area contributed by atoms with Crippen LogP contribution in [0.25, 0.3) is 32.9 Å². The van der Waals surface area contributed by atoms with Gasteiger partial charge in [0, 0.05) is 53.8 Å². The number of rotatable bonds is 3. The molecule has 1 saturated heterocycles. The predicted octanol–water partition coefficient (Wildman–Crippen LogP) is 5.06. The minimum absolute atomic E-state index is 0.00651. The fourth-order valence-electron chi connectivity index (χ4n) is 4.92. The van der Waals surface area contributed by atoms with Gasteiger partial charge in [-0.15, -0.1) is 0 Å². The topological polar surface area (TPSA) is 99.1 Å². The molecular formula is C27H21ClF2N6O. The Bertz CT molecular complexity index is 1650. The second-order valence-electron chi connectivity index (χ2n) is 8.83. The molecule has 5 rings (SSSR count). The molecule has 7 nitrogen and oxygen atoms in total. The Morgan fingerprint density at radius 3 is 2.73 bits per heavy atom. The molecule has 1 aliphatic rings. The van der Waals surface area contributed by atoms with Gasteiger partial charge in [0.05, 0.1) is 21.8 Å². The summed E-state index contributed by atoms with van der Waals surface area (Å²) < 4.78 is 30.6. The number of aromatic nitrogens is 2. The third-order valence-corrected chi connectivity index (χ3v) is 6.94. The molecule has 2 aromatic carbocycles. The minimum atomic E-state index is -0.723. The van der Waals surface area contributed by atoms with E-state index in [2.05, 4.69) is 22.6 Å². The second-order valence-corrected chi connectivity index (χ2v) is 9.24. The molecule has 1 fully saturated rings. The minimum Gasteiger partial charge on any atom is -0.384 e. The lowest BCUT2D eigenvalue weighted by atomic mass is 9.97. The lowest BCUT2D eigenvalue weighted by molar-refractivity contribution is -0.128. The van der Waals surface area contributed by atoms with Crippen LogP contribution in [0.3, 0.4) is 0 Å². The van der Waals surface area contributed by atoms with Gasteiger partial charge in [-0.1, -0.05) is 18.2 Å². The number of piperazine rings is 1. The number of hydrogen-bond acceptors (Lipinski definition) is 6. The molecule has 1 atom stereocenters. The van der Waals surface area contributed by atoms with Gasteiger partial charge in [0.2, 0.25) is 5.91 Å². The third kappa shape index (κ3) is 3.99. The molecule has 0 radical (unpaired) electrons. The normalized spacial score (nSPS) is 15.7. The number of fused-ring (bicyclic) bond motifs is 2. The van der Waals surface area contributed by atoms with Crippen molar-refractivity contribution in [1.82, 2.24) is 14.9 Å². The maximum absolute atomic E-state index is 16.2. The van der Waals surface area contributed by atoms with Gasteiger partial charge < -0.3 is 15.5 Å². The molecule has 1 amide bonds. The van der Waals surface area contributed by atoms with Crippen LogP contribution in [0.2, 0.25) is 5.02 Å². The van der Waals surface area contributed by atoms with Crippen LogP contribution in [0.5, 0.6) is 0 Å². The van der Waals surface area contributed by atoms with Crippen molar-refractivity contribution < 1.29 is 13.6 Å². The average Bonchev–Trinajstić information content (AvgIpc) is 2.88. The first-order valence-electron chi connectivity index (χ1n) is 11.5. The van der Waals surface area contributed by atoms with Gasteiger partial charge in [-0.3, -0.25) is 9.78 Å². The van der Waals surface area contributed by atoms with E-state index in [1.807, 2.05) is 11.8 Å². The number of hydrogen-bond donors (Lipinski definition) is 1. The number of nitrogen functional groups attached to an aromatic ring is 1. The first kappa shape index (κ1) is 24.4. The number of nitriles is 1. The van der Waals surface area contributed by atoms with Crippen LogP contribution < -0.4 is 10.6 Å². The van der Waals surface area contributed by atoms with E-state index in [9.17, 15) is 14.4 Å². The Morgan fingerprint density at radius 2 is 2.03 bits per heavy atom. The number of nitrogens with zero attached hydrogens (tertiary/aromatic N) is 5. The highest BCUT2D eigenvalue weighted by atomic mass is 35.5. The van der Waals surface area contributed by atoms with Gasteiger partial charge in [-0.05, 0) is 43.3 Å². The van der Waals surface area contributed by atoms with E-state index in [0.717, 1.165) is 0 Å². The molecule has 37 heavy (non-hydrogen) atoms. The number of halogens is 3. The van der Waals surface area contributed by atoms with Crippen molar-refractivity contribution in [2.24, 2.45) is 0 Å². The molecule has 186 valence electrons. The maximum Gasteiger partial charge on any atom is 0.246 e. The van der Waals surface area contributed by atoms with Crippen molar-refractivity contribution in [3.63, 3.8) is 0 Å². The Balaban J connectivity index is 1.70. The van der Waals surface area contributed by atoms with Crippen molar-refractivity contribution in [1.29, 1.82) is 5.26 Å². The van der Waals surface area contributed by atoms with E-state index < -0.39 is 11.6 Å². The van der Waals surface area contributed by atoms with Crippen LogP contribution in [-0.2, 0) is 4.79 Å². The molecule has 10 heteroatoms. The van der Waals surface area contributed by atoms with E-state index in [-0.39, 0.29) is 55.9 Å². The van der Waals surface area contributed by atoms with Crippen molar-refractivity contribution in [3.8, 4) is 17.2 Å². The largest absolute Gasteiger partial charge is 0.384 e. The number of carbonyl (C=O) groups excluding carboxylic acids is 1. The number of nitrogens with two attached hydrogens (primary N) is 1. The summed E-state index contributed by atoms with van der Waals surface area (Å²) in [4.78, 5) is 24.3. The summed E-state index contributed by atoms with van der Waals surface area (Å²) >= 11 is 6.66. The fraction of sp³-hybridized carbons (Fsp3) is 0.185. The average molecular weight is 519 g/mol. The van der Waals surface area contributed by atoms with Gasteiger partial charge in [-0.25, -0.2) is 13.8 Å². The van der Waals surface area contributed by atoms with Crippen LogP contribution in [0.15, 0.2) is 49.2 Å². The van der Waals surface area contributed by atoms with Gasteiger partial charge in [0.25, 0.3) is 0 Å². The molecule has 3 heterocycles. The lowest BCUT2D eigenvalue weighted by Crippen LogP contribution is -2.53. The van der Waals surface area contributed by atoms with E-state index in [1.165, 1.54) is 36.5 Å². The highest BCUT2D eigenvalue weighted by molar-refractivity contribution is 6.35. The molecule has 0 saturated carbocycles. The smallest absolute Gasteiger partial charge is 0.246 e. The number of anilines is 2. The molecule has 4 aromatic rings. The molecule has 2 N–H and O–H groups in total. The maximum atomic E-state index is 16.2. The van der Waals surface area contributed by atoms with E-state index >= 15 is 4.39 Å². The summed E-state index contributed by atoms with van der Waals surface area (Å²) in [5.41, 5.74) is 7.04. The molecule has 1 aliphatic heterocycles. The van der Waals surface area contributed by atoms with Crippen molar-refractivity contribution in [2.45, 2.75) is 13.0 Å². The summed E-state index contributed by atoms with van der Waals surface area (Å²) in [5.74, 6) is -1.27. The summed E-state index contributed by atoms with van der Waals surface area (Å²) in [5, 5.41) is 10.4. The van der Waals surface area contributed by atoms with Crippen LogP contribution in [0.1, 0.15) is 12.5 Å². The number of amides is 1. The Kier molecular flexibility index (Phi) is 6.13. The van der Waals surface area contributed by atoms with Crippen LogP contribution in [0, 0.1) is 23.0 Å². The Morgan fingerprint density at radius 1 is 1.24 bits per heavy atom. The lowest BCUT2D eigenvalue weighted by Gasteiger charge is -2.41. The summed E-state index contributed by atoms with van der Waals surface area (Å²) in [6.07, 6.45) is 2.59. The molecule has 0 aliphatic carbocycles. The number of benzene rings is 2. The molecule has 2 aromatic heterocycles. The highest BCUT2D eigenvalue weighted by Crippen LogP contribution is 2.42.